The molecule has 1 aromatic heterocycles. The molecule has 0 aromatic carbocycles. The summed E-state index contributed by atoms with van der Waals surface area (Å²) in [6.07, 6.45) is 1.56. The van der Waals surface area contributed by atoms with Crippen molar-refractivity contribution in [3.63, 3.8) is 0 Å². The maximum Gasteiger partial charge on any atom is 0.221 e. The summed E-state index contributed by atoms with van der Waals surface area (Å²) in [6.45, 7) is 0. The van der Waals surface area contributed by atoms with Crippen molar-refractivity contribution in [2.45, 2.75) is 0 Å². The molecule has 0 unspecified atom stereocenters. The number of rotatable bonds is 0. The lowest BCUT2D eigenvalue weighted by molar-refractivity contribution is 1.16. The first kappa shape index (κ1) is 7.83. The van der Waals surface area contributed by atoms with Crippen molar-refractivity contribution in [3.8, 4) is 11.8 Å². The molecule has 0 aliphatic heterocycles. The van der Waals surface area contributed by atoms with Crippen LogP contribution in [0.5, 0.6) is 0 Å². The highest BCUT2D eigenvalue weighted by Gasteiger charge is 1.88. The van der Waals surface area contributed by atoms with E-state index in [1.165, 1.54) is 0 Å². The molecule has 0 bridgehead atoms. The summed E-state index contributed by atoms with van der Waals surface area (Å²) in [6, 6.07) is 1.68. The molecule has 0 saturated carbocycles. The molecule has 0 spiro atoms. The Hall–Kier alpha value is -1.27. The van der Waals surface area contributed by atoms with Crippen LogP contribution in [0.4, 0.5) is 5.95 Å². The predicted octanol–water partition coefficient (Wildman–Crippen LogP) is 0.649. The summed E-state index contributed by atoms with van der Waals surface area (Å²) in [7, 11) is 0. The quantitative estimate of drug-likeness (QED) is 0.456. The lowest BCUT2D eigenvalue weighted by Gasteiger charge is -1.89. The van der Waals surface area contributed by atoms with Crippen LogP contribution in [0.25, 0.3) is 0 Å². The van der Waals surface area contributed by atoms with Gasteiger partial charge >= 0.3 is 0 Å². The van der Waals surface area contributed by atoms with Crippen LogP contribution in [0.3, 0.4) is 0 Å². The second-order valence-corrected chi connectivity index (χ2v) is 2.00. The van der Waals surface area contributed by atoms with E-state index in [9.17, 15) is 0 Å². The second kappa shape index (κ2) is 3.79. The van der Waals surface area contributed by atoms with Crippen LogP contribution in [0.15, 0.2) is 12.3 Å². The SMILES string of the molecule is Nc1nccc(C#CCCl)n1. The molecule has 3 nitrogen and oxygen atoms in total. The average molecular weight is 168 g/mol. The van der Waals surface area contributed by atoms with Gasteiger partial charge in [0, 0.05) is 6.20 Å². The van der Waals surface area contributed by atoms with Gasteiger partial charge in [-0.05, 0) is 12.0 Å². The molecule has 4 heteroatoms. The van der Waals surface area contributed by atoms with E-state index in [1.807, 2.05) is 0 Å². The van der Waals surface area contributed by atoms with Crippen LogP contribution < -0.4 is 5.73 Å². The average Bonchev–Trinajstić information content (AvgIpc) is 2.01. The van der Waals surface area contributed by atoms with Gasteiger partial charge in [-0.1, -0.05) is 5.92 Å². The molecule has 0 saturated heterocycles. The number of nitrogen functional groups attached to an aromatic ring is 1. The summed E-state index contributed by atoms with van der Waals surface area (Å²) in [5.41, 5.74) is 5.90. The Balaban J connectivity index is 2.87. The van der Waals surface area contributed by atoms with Crippen LogP contribution in [0.2, 0.25) is 0 Å². The lowest BCUT2D eigenvalue weighted by Crippen LogP contribution is -1.94. The number of nitrogens with zero attached hydrogens (tertiary/aromatic N) is 2. The van der Waals surface area contributed by atoms with Gasteiger partial charge in [0.15, 0.2) is 0 Å². The van der Waals surface area contributed by atoms with E-state index < -0.39 is 0 Å². The molecule has 0 aliphatic carbocycles. The first-order chi connectivity index (χ1) is 5.33. The summed E-state index contributed by atoms with van der Waals surface area (Å²) in [5.74, 6) is 5.91. The molecule has 0 fully saturated rings. The second-order valence-electron chi connectivity index (χ2n) is 1.74. The Morgan fingerprint density at radius 3 is 3.09 bits per heavy atom. The van der Waals surface area contributed by atoms with Gasteiger partial charge in [-0.3, -0.25) is 0 Å². The van der Waals surface area contributed by atoms with Crippen molar-refractivity contribution in [2.75, 3.05) is 11.6 Å². The van der Waals surface area contributed by atoms with Crippen molar-refractivity contribution in [3.05, 3.63) is 18.0 Å². The molecule has 0 aliphatic rings. The molecular formula is C7H6ClN3. The van der Waals surface area contributed by atoms with E-state index in [-0.39, 0.29) is 5.95 Å². The first-order valence-corrected chi connectivity index (χ1v) is 3.50. The lowest BCUT2D eigenvalue weighted by atomic mass is 10.4. The Bertz CT molecular complexity index is 300. The fourth-order valence-electron chi connectivity index (χ4n) is 0.567. The van der Waals surface area contributed by atoms with Crippen LogP contribution in [0.1, 0.15) is 5.69 Å². The Morgan fingerprint density at radius 1 is 1.64 bits per heavy atom. The number of alkyl halides is 1. The van der Waals surface area contributed by atoms with Crippen molar-refractivity contribution in [1.29, 1.82) is 0 Å². The Morgan fingerprint density at radius 2 is 2.45 bits per heavy atom. The number of nitrogens with two attached hydrogens (primary N) is 1. The third kappa shape index (κ3) is 2.44. The van der Waals surface area contributed by atoms with Crippen LogP contribution in [0, 0.1) is 11.8 Å². The molecule has 1 rings (SSSR count). The van der Waals surface area contributed by atoms with Crippen LogP contribution in [-0.4, -0.2) is 15.8 Å². The summed E-state index contributed by atoms with van der Waals surface area (Å²) >= 11 is 5.34. The van der Waals surface area contributed by atoms with E-state index in [2.05, 4.69) is 21.8 Å². The standard InChI is InChI=1S/C7H6ClN3/c8-4-1-2-6-3-5-10-7(9)11-6/h3,5H,4H2,(H2,9,10,11). The molecule has 11 heavy (non-hydrogen) atoms. The largest absolute Gasteiger partial charge is 0.368 e. The minimum atomic E-state index is 0.228. The summed E-state index contributed by atoms with van der Waals surface area (Å²) in [4.78, 5) is 7.56. The molecular weight excluding hydrogens is 162 g/mol. The molecule has 1 heterocycles. The molecule has 0 atom stereocenters. The molecule has 56 valence electrons. The van der Waals surface area contributed by atoms with E-state index in [4.69, 9.17) is 17.3 Å². The van der Waals surface area contributed by atoms with Gasteiger partial charge in [0.05, 0.1) is 5.88 Å². The zero-order chi connectivity index (χ0) is 8.10. The number of hydrogen-bond acceptors (Lipinski definition) is 3. The number of hydrogen-bond donors (Lipinski definition) is 1. The zero-order valence-corrected chi connectivity index (χ0v) is 6.47. The predicted molar refractivity (Wildman–Crippen MR) is 44.0 cm³/mol. The Labute approximate surface area is 69.6 Å². The van der Waals surface area contributed by atoms with E-state index in [0.29, 0.717) is 11.6 Å². The fourth-order valence-corrected chi connectivity index (χ4v) is 0.634. The minimum absolute atomic E-state index is 0.228. The van der Waals surface area contributed by atoms with Crippen LogP contribution in [-0.2, 0) is 0 Å². The van der Waals surface area contributed by atoms with E-state index in [1.54, 1.807) is 12.3 Å². The first-order valence-electron chi connectivity index (χ1n) is 2.96. The maximum absolute atomic E-state index is 5.34. The fraction of sp³-hybridized carbons (Fsp3) is 0.143. The van der Waals surface area contributed by atoms with Gasteiger partial charge in [0.1, 0.15) is 5.69 Å². The summed E-state index contributed by atoms with van der Waals surface area (Å²) < 4.78 is 0. The minimum Gasteiger partial charge on any atom is -0.368 e. The smallest absolute Gasteiger partial charge is 0.221 e. The molecule has 1 aromatic rings. The highest BCUT2D eigenvalue weighted by atomic mass is 35.5. The summed E-state index contributed by atoms with van der Waals surface area (Å²) in [5, 5.41) is 0. The highest BCUT2D eigenvalue weighted by Crippen LogP contribution is 1.93. The molecule has 2 N–H and O–H groups in total. The normalized spacial score (nSPS) is 8.45. The third-order valence-corrected chi connectivity index (χ3v) is 1.09. The number of aromatic nitrogens is 2. The van der Waals surface area contributed by atoms with Crippen molar-refractivity contribution >= 4 is 17.5 Å². The van der Waals surface area contributed by atoms with E-state index >= 15 is 0 Å². The van der Waals surface area contributed by atoms with Crippen molar-refractivity contribution < 1.29 is 0 Å². The van der Waals surface area contributed by atoms with Crippen LogP contribution >= 0.6 is 11.6 Å². The maximum atomic E-state index is 5.34. The van der Waals surface area contributed by atoms with Gasteiger partial charge in [-0.25, -0.2) is 9.97 Å². The van der Waals surface area contributed by atoms with Gasteiger partial charge in [0.25, 0.3) is 0 Å². The molecule has 0 amide bonds. The number of anilines is 1. The zero-order valence-electron chi connectivity index (χ0n) is 5.71. The van der Waals surface area contributed by atoms with Gasteiger partial charge in [0.2, 0.25) is 5.95 Å². The highest BCUT2D eigenvalue weighted by molar-refractivity contribution is 6.19. The van der Waals surface area contributed by atoms with Crippen molar-refractivity contribution in [1.82, 2.24) is 9.97 Å². The number of halogens is 1. The van der Waals surface area contributed by atoms with Gasteiger partial charge in [-0.15, -0.1) is 11.6 Å². The Kier molecular flexibility index (Phi) is 2.70. The van der Waals surface area contributed by atoms with Crippen molar-refractivity contribution in [2.24, 2.45) is 0 Å². The topological polar surface area (TPSA) is 51.8 Å². The van der Waals surface area contributed by atoms with Gasteiger partial charge in [-0.2, -0.15) is 0 Å². The molecule has 0 radical (unpaired) electrons. The monoisotopic (exact) mass is 167 g/mol. The van der Waals surface area contributed by atoms with E-state index in [0.717, 1.165) is 0 Å². The van der Waals surface area contributed by atoms with Gasteiger partial charge < -0.3 is 5.73 Å². The third-order valence-electron chi connectivity index (χ3n) is 0.957.